The summed E-state index contributed by atoms with van der Waals surface area (Å²) in [7, 11) is 0. The molecule has 14 heavy (non-hydrogen) atoms. The topological polar surface area (TPSA) is 46.5 Å². The van der Waals surface area contributed by atoms with Crippen LogP contribution in [-0.4, -0.2) is 23.8 Å². The van der Waals surface area contributed by atoms with Gasteiger partial charge in [-0.05, 0) is 6.42 Å². The Balaban J connectivity index is 2.24. The van der Waals surface area contributed by atoms with Gasteiger partial charge in [0.25, 0.3) is 0 Å². The van der Waals surface area contributed by atoms with E-state index in [2.05, 4.69) is 6.92 Å². The summed E-state index contributed by atoms with van der Waals surface area (Å²) in [4.78, 5) is 10.8. The molecular formula is C11H20O3. The number of rotatable bonds is 6. The third-order valence-electron chi connectivity index (χ3n) is 3.04. The van der Waals surface area contributed by atoms with Gasteiger partial charge in [-0.1, -0.05) is 33.6 Å². The molecule has 0 amide bonds. The molecule has 1 saturated carbocycles. The van der Waals surface area contributed by atoms with Crippen molar-refractivity contribution in [3.8, 4) is 0 Å². The van der Waals surface area contributed by atoms with Crippen LogP contribution in [0.4, 0.5) is 0 Å². The third kappa shape index (κ3) is 2.27. The van der Waals surface area contributed by atoms with E-state index in [0.717, 1.165) is 12.8 Å². The van der Waals surface area contributed by atoms with Crippen molar-refractivity contribution in [3.63, 3.8) is 0 Å². The standard InChI is InChI=1S/C11H20O3/c1-4-5-6-7-14-9-8(10(12)13)11(9,2)3/h8-9H,4-7H2,1-3H3,(H,12,13). The van der Waals surface area contributed by atoms with Gasteiger partial charge in [0.15, 0.2) is 0 Å². The first-order valence-electron chi connectivity index (χ1n) is 5.36. The molecule has 0 aromatic rings. The fourth-order valence-corrected chi connectivity index (χ4v) is 1.91. The summed E-state index contributed by atoms with van der Waals surface area (Å²) in [5, 5.41) is 8.88. The van der Waals surface area contributed by atoms with Crippen molar-refractivity contribution in [1.29, 1.82) is 0 Å². The summed E-state index contributed by atoms with van der Waals surface area (Å²) in [6.07, 6.45) is 3.29. The van der Waals surface area contributed by atoms with Crippen LogP contribution in [0, 0.1) is 11.3 Å². The van der Waals surface area contributed by atoms with E-state index in [1.54, 1.807) is 0 Å². The summed E-state index contributed by atoms with van der Waals surface area (Å²) >= 11 is 0. The third-order valence-corrected chi connectivity index (χ3v) is 3.04. The molecule has 3 nitrogen and oxygen atoms in total. The Hall–Kier alpha value is -0.570. The highest BCUT2D eigenvalue weighted by Gasteiger charge is 2.63. The zero-order valence-electron chi connectivity index (χ0n) is 9.25. The largest absolute Gasteiger partial charge is 0.481 e. The van der Waals surface area contributed by atoms with Crippen LogP contribution < -0.4 is 0 Å². The van der Waals surface area contributed by atoms with E-state index in [1.165, 1.54) is 6.42 Å². The molecule has 3 heteroatoms. The van der Waals surface area contributed by atoms with E-state index in [9.17, 15) is 4.79 Å². The van der Waals surface area contributed by atoms with Gasteiger partial charge in [-0.2, -0.15) is 0 Å². The van der Waals surface area contributed by atoms with E-state index in [-0.39, 0.29) is 17.4 Å². The van der Waals surface area contributed by atoms with E-state index < -0.39 is 5.97 Å². The molecule has 0 heterocycles. The van der Waals surface area contributed by atoms with Gasteiger partial charge in [-0.15, -0.1) is 0 Å². The van der Waals surface area contributed by atoms with E-state index in [0.29, 0.717) is 6.61 Å². The molecule has 1 aliphatic rings. The van der Waals surface area contributed by atoms with Crippen LogP contribution in [0.1, 0.15) is 40.0 Å². The van der Waals surface area contributed by atoms with Crippen molar-refractivity contribution in [2.24, 2.45) is 11.3 Å². The Bertz CT molecular complexity index is 211. The van der Waals surface area contributed by atoms with Crippen LogP contribution in [0.2, 0.25) is 0 Å². The first-order valence-corrected chi connectivity index (χ1v) is 5.36. The van der Waals surface area contributed by atoms with Gasteiger partial charge < -0.3 is 9.84 Å². The smallest absolute Gasteiger partial charge is 0.309 e. The van der Waals surface area contributed by atoms with E-state index in [1.807, 2.05) is 13.8 Å². The highest BCUT2D eigenvalue weighted by atomic mass is 16.5. The number of unbranched alkanes of at least 4 members (excludes halogenated alkanes) is 2. The number of carbonyl (C=O) groups is 1. The first kappa shape index (κ1) is 11.5. The maximum absolute atomic E-state index is 10.8. The number of carboxylic acids is 1. The van der Waals surface area contributed by atoms with Crippen LogP contribution >= 0.6 is 0 Å². The van der Waals surface area contributed by atoms with Crippen LogP contribution in [0.3, 0.4) is 0 Å². The second kappa shape index (κ2) is 4.30. The van der Waals surface area contributed by atoms with Crippen LogP contribution in [0.25, 0.3) is 0 Å². The molecule has 82 valence electrons. The van der Waals surface area contributed by atoms with E-state index >= 15 is 0 Å². The lowest BCUT2D eigenvalue weighted by atomic mass is 10.1. The lowest BCUT2D eigenvalue weighted by Gasteiger charge is -2.03. The van der Waals surface area contributed by atoms with Crippen molar-refractivity contribution in [2.45, 2.75) is 46.1 Å². The Kier molecular flexibility index (Phi) is 3.53. The second-order valence-electron chi connectivity index (χ2n) is 4.64. The predicted octanol–water partition coefficient (Wildman–Crippen LogP) is 2.30. The van der Waals surface area contributed by atoms with Crippen molar-refractivity contribution in [1.82, 2.24) is 0 Å². The maximum Gasteiger partial charge on any atom is 0.309 e. The van der Waals surface area contributed by atoms with E-state index in [4.69, 9.17) is 9.84 Å². The van der Waals surface area contributed by atoms with Crippen molar-refractivity contribution >= 4 is 5.97 Å². The molecule has 0 aromatic carbocycles. The number of carboxylic acid groups (broad SMARTS) is 1. The quantitative estimate of drug-likeness (QED) is 0.669. The number of hydrogen-bond donors (Lipinski definition) is 1. The van der Waals surface area contributed by atoms with Crippen molar-refractivity contribution in [2.75, 3.05) is 6.61 Å². The Morgan fingerprint density at radius 3 is 2.50 bits per heavy atom. The molecular weight excluding hydrogens is 180 g/mol. The van der Waals surface area contributed by atoms with Crippen molar-refractivity contribution in [3.05, 3.63) is 0 Å². The minimum Gasteiger partial charge on any atom is -0.481 e. The molecule has 0 spiro atoms. The number of hydrogen-bond acceptors (Lipinski definition) is 2. The average molecular weight is 200 g/mol. The summed E-state index contributed by atoms with van der Waals surface area (Å²) < 4.78 is 5.56. The summed E-state index contributed by atoms with van der Waals surface area (Å²) in [5.41, 5.74) is -0.169. The zero-order valence-corrected chi connectivity index (χ0v) is 9.25. The molecule has 0 saturated heterocycles. The minimum absolute atomic E-state index is 0.0724. The highest BCUT2D eigenvalue weighted by Crippen LogP contribution is 2.54. The molecule has 0 aliphatic heterocycles. The molecule has 2 atom stereocenters. The molecule has 0 radical (unpaired) electrons. The summed E-state index contributed by atoms with van der Waals surface area (Å²) in [5.74, 6) is -1.03. The van der Waals surface area contributed by atoms with Crippen LogP contribution in [-0.2, 0) is 9.53 Å². The lowest BCUT2D eigenvalue weighted by Crippen LogP contribution is -2.06. The number of ether oxygens (including phenoxy) is 1. The normalized spacial score (nSPS) is 28.8. The Morgan fingerprint density at radius 1 is 1.43 bits per heavy atom. The average Bonchev–Trinajstić information content (AvgIpc) is 2.62. The highest BCUT2D eigenvalue weighted by molar-refractivity contribution is 5.76. The molecule has 0 bridgehead atoms. The van der Waals surface area contributed by atoms with Gasteiger partial charge in [-0.3, -0.25) is 4.79 Å². The molecule has 1 fully saturated rings. The van der Waals surface area contributed by atoms with Gasteiger partial charge >= 0.3 is 5.97 Å². The predicted molar refractivity (Wildman–Crippen MR) is 54.2 cm³/mol. The number of aliphatic carboxylic acids is 1. The van der Waals surface area contributed by atoms with Gasteiger partial charge in [-0.25, -0.2) is 0 Å². The molecule has 2 unspecified atom stereocenters. The molecule has 1 N–H and O–H groups in total. The molecule has 0 aromatic heterocycles. The van der Waals surface area contributed by atoms with Gasteiger partial charge in [0, 0.05) is 12.0 Å². The van der Waals surface area contributed by atoms with Crippen LogP contribution in [0.5, 0.6) is 0 Å². The fourth-order valence-electron chi connectivity index (χ4n) is 1.91. The molecule has 1 aliphatic carbocycles. The van der Waals surface area contributed by atoms with Crippen molar-refractivity contribution < 1.29 is 14.6 Å². The minimum atomic E-state index is -0.726. The van der Waals surface area contributed by atoms with Gasteiger partial charge in [0.1, 0.15) is 0 Å². The maximum atomic E-state index is 10.8. The zero-order chi connectivity index (χ0) is 10.8. The second-order valence-corrected chi connectivity index (χ2v) is 4.64. The first-order chi connectivity index (χ1) is 6.51. The fraction of sp³-hybridized carbons (Fsp3) is 0.909. The molecule has 1 rings (SSSR count). The SMILES string of the molecule is CCCCCOC1C(C(=O)O)C1(C)C. The summed E-state index contributed by atoms with van der Waals surface area (Å²) in [6, 6.07) is 0. The monoisotopic (exact) mass is 200 g/mol. The summed E-state index contributed by atoms with van der Waals surface area (Å²) in [6.45, 7) is 6.75. The lowest BCUT2D eigenvalue weighted by molar-refractivity contribution is -0.140. The Morgan fingerprint density at radius 2 is 2.07 bits per heavy atom. The Labute approximate surface area is 85.5 Å². The van der Waals surface area contributed by atoms with Crippen LogP contribution in [0.15, 0.2) is 0 Å². The van der Waals surface area contributed by atoms with Gasteiger partial charge in [0.05, 0.1) is 12.0 Å². The van der Waals surface area contributed by atoms with Gasteiger partial charge in [0.2, 0.25) is 0 Å².